The lowest BCUT2D eigenvalue weighted by molar-refractivity contribution is -0.121. The van der Waals surface area contributed by atoms with Crippen molar-refractivity contribution < 1.29 is 19.1 Å². The van der Waals surface area contributed by atoms with Crippen molar-refractivity contribution in [3.63, 3.8) is 0 Å². The number of nitrogens with one attached hydrogen (secondary N) is 1. The van der Waals surface area contributed by atoms with Gasteiger partial charge >= 0.3 is 0 Å². The molecule has 0 fully saturated rings. The van der Waals surface area contributed by atoms with E-state index in [4.69, 9.17) is 26.2 Å². The van der Waals surface area contributed by atoms with Crippen LogP contribution in [-0.2, 0) is 9.59 Å². The second kappa shape index (κ2) is 11.9. The zero-order valence-electron chi connectivity index (χ0n) is 21.5. The van der Waals surface area contributed by atoms with Crippen LogP contribution in [0.15, 0.2) is 82.9 Å². The lowest BCUT2D eigenvalue weighted by atomic mass is 9.98. The molecule has 200 valence electrons. The van der Waals surface area contributed by atoms with Crippen molar-refractivity contribution in [1.82, 2.24) is 5.01 Å². The standard InChI is InChI=1S/C29H27ClN4O4S/c1-3-38-23-14-10-21(11-15-23)31-27(35)17-26-28(36)32-29(39-26)34-25(19-4-8-20(30)9-5-19)16-24(33-34)18-6-12-22(37-2)13-7-18/h4-15,25-26H,3,16-17H2,1-2H3,(H,31,35)/t25-,26-/m1/s1. The van der Waals surface area contributed by atoms with Gasteiger partial charge in [0, 0.05) is 23.6 Å². The maximum Gasteiger partial charge on any atom is 0.262 e. The molecule has 0 aliphatic carbocycles. The second-order valence-electron chi connectivity index (χ2n) is 8.94. The third kappa shape index (κ3) is 6.26. The number of carbonyl (C=O) groups is 2. The summed E-state index contributed by atoms with van der Waals surface area (Å²) in [6.45, 7) is 2.48. The van der Waals surface area contributed by atoms with E-state index >= 15 is 0 Å². The van der Waals surface area contributed by atoms with Crippen LogP contribution in [0.1, 0.15) is 36.9 Å². The van der Waals surface area contributed by atoms with Gasteiger partial charge in [-0.25, -0.2) is 5.01 Å². The highest BCUT2D eigenvalue weighted by atomic mass is 35.5. The minimum atomic E-state index is -0.631. The lowest BCUT2D eigenvalue weighted by Gasteiger charge is -2.23. The highest BCUT2D eigenvalue weighted by molar-refractivity contribution is 8.15. The fourth-order valence-corrected chi connectivity index (χ4v) is 5.56. The molecule has 3 aromatic carbocycles. The first-order chi connectivity index (χ1) is 18.9. The Bertz CT molecular complexity index is 1410. The van der Waals surface area contributed by atoms with Gasteiger partial charge in [0.25, 0.3) is 5.91 Å². The number of anilines is 1. The molecular weight excluding hydrogens is 536 g/mol. The first kappa shape index (κ1) is 26.8. The smallest absolute Gasteiger partial charge is 0.262 e. The molecule has 3 aromatic rings. The lowest BCUT2D eigenvalue weighted by Crippen LogP contribution is -2.25. The second-order valence-corrected chi connectivity index (χ2v) is 10.5. The molecule has 2 atom stereocenters. The Morgan fingerprint density at radius 3 is 2.41 bits per heavy atom. The van der Waals surface area contributed by atoms with Gasteiger partial charge in [0.1, 0.15) is 16.7 Å². The van der Waals surface area contributed by atoms with Gasteiger partial charge in [-0.3, -0.25) is 9.59 Å². The minimum Gasteiger partial charge on any atom is -0.497 e. The predicted octanol–water partition coefficient (Wildman–Crippen LogP) is 5.93. The van der Waals surface area contributed by atoms with E-state index in [2.05, 4.69) is 10.3 Å². The van der Waals surface area contributed by atoms with Crippen molar-refractivity contribution in [1.29, 1.82) is 0 Å². The Morgan fingerprint density at radius 2 is 1.74 bits per heavy atom. The van der Waals surface area contributed by atoms with Crippen molar-refractivity contribution in [2.75, 3.05) is 19.0 Å². The molecule has 5 rings (SSSR count). The van der Waals surface area contributed by atoms with Gasteiger partial charge in [-0.2, -0.15) is 10.1 Å². The van der Waals surface area contributed by atoms with Crippen LogP contribution in [0, 0.1) is 0 Å². The van der Waals surface area contributed by atoms with E-state index in [1.54, 1.807) is 36.4 Å². The molecule has 0 saturated heterocycles. The molecule has 0 bridgehead atoms. The summed E-state index contributed by atoms with van der Waals surface area (Å²) in [6, 6.07) is 22.2. The maximum absolute atomic E-state index is 12.8. The predicted molar refractivity (Wildman–Crippen MR) is 155 cm³/mol. The molecule has 2 aliphatic rings. The van der Waals surface area contributed by atoms with Crippen LogP contribution < -0.4 is 14.8 Å². The number of thioether (sulfide) groups is 1. The van der Waals surface area contributed by atoms with E-state index in [9.17, 15) is 9.59 Å². The summed E-state index contributed by atoms with van der Waals surface area (Å²) >= 11 is 7.39. The van der Waals surface area contributed by atoms with Crippen LogP contribution in [-0.4, -0.2) is 46.7 Å². The molecule has 1 N–H and O–H groups in total. The molecule has 39 heavy (non-hydrogen) atoms. The maximum atomic E-state index is 12.8. The molecule has 2 amide bonds. The number of ether oxygens (including phenoxy) is 2. The molecule has 2 aliphatic heterocycles. The number of methoxy groups -OCH3 is 1. The zero-order chi connectivity index (χ0) is 27.4. The van der Waals surface area contributed by atoms with E-state index < -0.39 is 5.25 Å². The normalized spacial score (nSPS) is 18.5. The van der Waals surface area contributed by atoms with Crippen molar-refractivity contribution in [3.05, 3.63) is 88.9 Å². The summed E-state index contributed by atoms with van der Waals surface area (Å²) in [5, 5.41) is 9.99. The number of hydrazone groups is 1. The van der Waals surface area contributed by atoms with E-state index in [1.807, 2.05) is 55.5 Å². The number of benzene rings is 3. The molecule has 0 spiro atoms. The minimum absolute atomic E-state index is 0.00177. The zero-order valence-corrected chi connectivity index (χ0v) is 23.0. The summed E-state index contributed by atoms with van der Waals surface area (Å²) in [4.78, 5) is 29.9. The number of amidine groups is 1. The number of halogens is 1. The van der Waals surface area contributed by atoms with E-state index in [1.165, 1.54) is 11.8 Å². The van der Waals surface area contributed by atoms with Gasteiger partial charge in [0.05, 0.1) is 25.5 Å². The van der Waals surface area contributed by atoms with Gasteiger partial charge in [-0.15, -0.1) is 0 Å². The number of aliphatic imine (C=N–C) groups is 1. The van der Waals surface area contributed by atoms with Gasteiger partial charge in [-0.1, -0.05) is 35.5 Å². The summed E-state index contributed by atoms with van der Waals surface area (Å²) < 4.78 is 10.7. The third-order valence-corrected chi connectivity index (χ3v) is 7.73. The van der Waals surface area contributed by atoms with Crippen molar-refractivity contribution in [2.24, 2.45) is 10.1 Å². The highest BCUT2D eigenvalue weighted by Crippen LogP contribution is 2.39. The largest absolute Gasteiger partial charge is 0.497 e. The molecule has 0 saturated carbocycles. The van der Waals surface area contributed by atoms with Gasteiger partial charge < -0.3 is 14.8 Å². The topological polar surface area (TPSA) is 92.6 Å². The van der Waals surface area contributed by atoms with E-state index in [0.29, 0.717) is 28.9 Å². The third-order valence-electron chi connectivity index (χ3n) is 6.33. The van der Waals surface area contributed by atoms with Gasteiger partial charge in [0.15, 0.2) is 5.17 Å². The number of carbonyl (C=O) groups excluding carboxylic acids is 2. The number of hydrogen-bond acceptors (Lipinski definition) is 7. The van der Waals surface area contributed by atoms with E-state index in [-0.39, 0.29) is 24.3 Å². The summed E-state index contributed by atoms with van der Waals surface area (Å²) in [5.41, 5.74) is 3.46. The first-order valence-corrected chi connectivity index (χ1v) is 13.8. The Hall–Kier alpha value is -3.82. The van der Waals surface area contributed by atoms with Crippen LogP contribution in [0.4, 0.5) is 5.69 Å². The molecule has 10 heteroatoms. The molecule has 0 unspecified atom stereocenters. The number of amides is 2. The van der Waals surface area contributed by atoms with Crippen LogP contribution in [0.25, 0.3) is 0 Å². The van der Waals surface area contributed by atoms with Crippen LogP contribution in [0.5, 0.6) is 11.5 Å². The quantitative estimate of drug-likeness (QED) is 0.366. The highest BCUT2D eigenvalue weighted by Gasteiger charge is 2.39. The monoisotopic (exact) mass is 562 g/mol. The molecule has 0 aromatic heterocycles. The fourth-order valence-electron chi connectivity index (χ4n) is 4.38. The SMILES string of the molecule is CCOc1ccc(NC(=O)C[C@H]2SC(N3N=C(c4ccc(OC)cc4)C[C@@H]3c3ccc(Cl)cc3)=NC2=O)cc1. The number of hydrogen-bond donors (Lipinski definition) is 1. The molecule has 8 nitrogen and oxygen atoms in total. The van der Waals surface area contributed by atoms with Crippen molar-refractivity contribution in [2.45, 2.75) is 31.1 Å². The average molecular weight is 563 g/mol. The molecule has 0 radical (unpaired) electrons. The summed E-state index contributed by atoms with van der Waals surface area (Å²) in [6.07, 6.45) is 0.614. The van der Waals surface area contributed by atoms with E-state index in [0.717, 1.165) is 28.3 Å². The fraction of sp³-hybridized carbons (Fsp3) is 0.241. The van der Waals surface area contributed by atoms with Crippen LogP contribution >= 0.6 is 23.4 Å². The summed E-state index contributed by atoms with van der Waals surface area (Å²) in [5.74, 6) is 0.876. The van der Waals surface area contributed by atoms with Gasteiger partial charge in [0.2, 0.25) is 5.91 Å². The number of nitrogens with zero attached hydrogens (tertiary/aromatic N) is 3. The van der Waals surface area contributed by atoms with Gasteiger partial charge in [-0.05, 0) is 78.7 Å². The Kier molecular flexibility index (Phi) is 8.18. The average Bonchev–Trinajstić information content (AvgIpc) is 3.54. The molecule has 2 heterocycles. The van der Waals surface area contributed by atoms with Crippen LogP contribution in [0.2, 0.25) is 5.02 Å². The Morgan fingerprint density at radius 1 is 1.05 bits per heavy atom. The Labute approximate surface area is 236 Å². The van der Waals surface area contributed by atoms with Crippen molar-refractivity contribution >= 4 is 51.7 Å². The number of rotatable bonds is 8. The molecular formula is C29H27ClN4O4S. The first-order valence-electron chi connectivity index (χ1n) is 12.5. The summed E-state index contributed by atoms with van der Waals surface area (Å²) in [7, 11) is 1.63. The van der Waals surface area contributed by atoms with Crippen LogP contribution in [0.3, 0.4) is 0 Å². The Balaban J connectivity index is 1.31. The van der Waals surface area contributed by atoms with Crippen molar-refractivity contribution in [3.8, 4) is 11.5 Å².